The fraction of sp³-hybridized carbons (Fsp3) is 0.467. The van der Waals surface area contributed by atoms with Gasteiger partial charge in [0.25, 0.3) is 0 Å². The summed E-state index contributed by atoms with van der Waals surface area (Å²) in [5, 5.41) is 7.32. The molecule has 1 amide bonds. The van der Waals surface area contributed by atoms with E-state index in [0.717, 1.165) is 36.7 Å². The largest absolute Gasteiger partial charge is 0.441 e. The molecule has 1 fully saturated rings. The molecule has 1 unspecified atom stereocenters. The summed E-state index contributed by atoms with van der Waals surface area (Å²) in [5.74, 6) is 1.45. The Bertz CT molecular complexity index is 621. The number of piperazine rings is 1. The van der Waals surface area contributed by atoms with E-state index in [1.165, 1.54) is 0 Å². The second-order valence-corrected chi connectivity index (χ2v) is 6.19. The van der Waals surface area contributed by atoms with Gasteiger partial charge >= 0.3 is 0 Å². The van der Waals surface area contributed by atoms with Crippen molar-refractivity contribution in [3.63, 3.8) is 0 Å². The molecule has 1 aliphatic heterocycles. The van der Waals surface area contributed by atoms with Gasteiger partial charge in [-0.3, -0.25) is 4.79 Å². The van der Waals surface area contributed by atoms with Crippen molar-refractivity contribution in [3.8, 4) is 11.5 Å². The number of amides is 1. The number of rotatable bonds is 3. The van der Waals surface area contributed by atoms with E-state index >= 15 is 0 Å². The van der Waals surface area contributed by atoms with E-state index in [-0.39, 0.29) is 5.91 Å². The Morgan fingerprint density at radius 2 is 2.48 bits per heavy atom. The molecular weight excluding hydrogens is 286 g/mol. The van der Waals surface area contributed by atoms with Crippen molar-refractivity contribution >= 4 is 17.2 Å². The van der Waals surface area contributed by atoms with Crippen LogP contribution in [-0.4, -0.2) is 41.5 Å². The van der Waals surface area contributed by atoms with E-state index in [0.29, 0.717) is 18.4 Å². The molecule has 6 heteroatoms. The fourth-order valence-corrected chi connectivity index (χ4v) is 3.15. The molecule has 0 bridgehead atoms. The standard InChI is InChI=1S/C15H19N3O2S/c1-10-8-18(5-4-16-10)14(19)7-13-11(2)20-15(17-13)12-3-6-21-9-12/h3,6,9-10,16H,4-5,7-8H2,1-2H3. The minimum absolute atomic E-state index is 0.122. The Balaban J connectivity index is 1.71. The van der Waals surface area contributed by atoms with Crippen molar-refractivity contribution in [1.82, 2.24) is 15.2 Å². The van der Waals surface area contributed by atoms with Crippen LogP contribution in [0.1, 0.15) is 18.4 Å². The van der Waals surface area contributed by atoms with Gasteiger partial charge in [0.05, 0.1) is 12.1 Å². The maximum Gasteiger partial charge on any atom is 0.228 e. The highest BCUT2D eigenvalue weighted by atomic mass is 32.1. The van der Waals surface area contributed by atoms with Crippen LogP contribution in [0.3, 0.4) is 0 Å². The highest BCUT2D eigenvalue weighted by Crippen LogP contribution is 2.24. The van der Waals surface area contributed by atoms with E-state index in [2.05, 4.69) is 17.2 Å². The number of aromatic nitrogens is 1. The first-order chi connectivity index (χ1) is 10.1. The maximum atomic E-state index is 12.4. The van der Waals surface area contributed by atoms with Crippen LogP contribution in [0, 0.1) is 6.92 Å². The summed E-state index contributed by atoms with van der Waals surface area (Å²) in [4.78, 5) is 18.8. The first kappa shape index (κ1) is 14.3. The quantitative estimate of drug-likeness (QED) is 0.943. The lowest BCUT2D eigenvalue weighted by atomic mass is 10.2. The van der Waals surface area contributed by atoms with Crippen molar-refractivity contribution < 1.29 is 9.21 Å². The third-order valence-electron chi connectivity index (χ3n) is 3.70. The molecule has 0 aromatic carbocycles. The molecule has 2 aromatic heterocycles. The number of nitrogens with one attached hydrogen (secondary N) is 1. The summed E-state index contributed by atoms with van der Waals surface area (Å²) < 4.78 is 5.68. The Hall–Kier alpha value is -1.66. The van der Waals surface area contributed by atoms with Crippen LogP contribution in [0.5, 0.6) is 0 Å². The van der Waals surface area contributed by atoms with Gasteiger partial charge in [0, 0.05) is 36.6 Å². The Morgan fingerprint density at radius 3 is 3.19 bits per heavy atom. The second-order valence-electron chi connectivity index (χ2n) is 5.41. The van der Waals surface area contributed by atoms with E-state index in [1.54, 1.807) is 11.3 Å². The monoisotopic (exact) mass is 305 g/mol. The molecule has 0 saturated carbocycles. The molecule has 1 atom stereocenters. The maximum absolute atomic E-state index is 12.4. The zero-order chi connectivity index (χ0) is 14.8. The van der Waals surface area contributed by atoms with Crippen molar-refractivity contribution in [2.24, 2.45) is 0 Å². The number of carbonyl (C=O) groups is 1. The van der Waals surface area contributed by atoms with Gasteiger partial charge in [-0.05, 0) is 25.3 Å². The minimum Gasteiger partial charge on any atom is -0.441 e. The molecule has 5 nitrogen and oxygen atoms in total. The molecule has 1 N–H and O–H groups in total. The summed E-state index contributed by atoms with van der Waals surface area (Å²) in [7, 11) is 0. The van der Waals surface area contributed by atoms with Crippen LogP contribution in [0.4, 0.5) is 0 Å². The topological polar surface area (TPSA) is 58.4 Å². The molecule has 3 heterocycles. The van der Waals surface area contributed by atoms with E-state index in [4.69, 9.17) is 4.42 Å². The average Bonchev–Trinajstić information content (AvgIpc) is 3.09. The SMILES string of the molecule is Cc1oc(-c2ccsc2)nc1CC(=O)N1CCNC(C)C1. The van der Waals surface area contributed by atoms with Crippen molar-refractivity contribution in [1.29, 1.82) is 0 Å². The van der Waals surface area contributed by atoms with Gasteiger partial charge in [-0.25, -0.2) is 4.98 Å². The van der Waals surface area contributed by atoms with Crippen molar-refractivity contribution in [2.75, 3.05) is 19.6 Å². The molecule has 1 saturated heterocycles. The molecule has 0 spiro atoms. The van der Waals surface area contributed by atoms with Crippen LogP contribution >= 0.6 is 11.3 Å². The zero-order valence-corrected chi connectivity index (χ0v) is 13.1. The number of nitrogens with zero attached hydrogens (tertiary/aromatic N) is 2. The van der Waals surface area contributed by atoms with E-state index < -0.39 is 0 Å². The number of carbonyl (C=O) groups excluding carboxylic acids is 1. The first-order valence-corrected chi connectivity index (χ1v) is 8.08. The minimum atomic E-state index is 0.122. The van der Waals surface area contributed by atoms with Crippen LogP contribution < -0.4 is 5.32 Å². The van der Waals surface area contributed by atoms with Crippen LogP contribution in [0.2, 0.25) is 0 Å². The zero-order valence-electron chi connectivity index (χ0n) is 12.3. The van der Waals surface area contributed by atoms with Crippen LogP contribution in [0.25, 0.3) is 11.5 Å². The van der Waals surface area contributed by atoms with Gasteiger partial charge in [0.2, 0.25) is 11.8 Å². The lowest BCUT2D eigenvalue weighted by Gasteiger charge is -2.31. The predicted octanol–water partition coefficient (Wildman–Crippen LogP) is 2.07. The van der Waals surface area contributed by atoms with Gasteiger partial charge in [0.15, 0.2) is 0 Å². The van der Waals surface area contributed by atoms with E-state index in [9.17, 15) is 4.79 Å². The number of hydrogen-bond acceptors (Lipinski definition) is 5. The number of oxazole rings is 1. The summed E-state index contributed by atoms with van der Waals surface area (Å²) >= 11 is 1.60. The predicted molar refractivity (Wildman–Crippen MR) is 82.3 cm³/mol. The highest BCUT2D eigenvalue weighted by molar-refractivity contribution is 7.08. The molecule has 21 heavy (non-hydrogen) atoms. The Morgan fingerprint density at radius 1 is 1.62 bits per heavy atom. The number of thiophene rings is 1. The van der Waals surface area contributed by atoms with Gasteiger partial charge in [-0.15, -0.1) is 0 Å². The Labute approximate surface area is 128 Å². The van der Waals surface area contributed by atoms with Crippen molar-refractivity contribution in [2.45, 2.75) is 26.3 Å². The number of hydrogen-bond donors (Lipinski definition) is 1. The molecule has 1 aliphatic rings. The average molecular weight is 305 g/mol. The van der Waals surface area contributed by atoms with E-state index in [1.807, 2.05) is 28.7 Å². The summed E-state index contributed by atoms with van der Waals surface area (Å²) in [6, 6.07) is 2.32. The second kappa shape index (κ2) is 5.99. The molecular formula is C15H19N3O2S. The summed E-state index contributed by atoms with van der Waals surface area (Å²) in [5.41, 5.74) is 1.71. The van der Waals surface area contributed by atoms with Gasteiger partial charge < -0.3 is 14.6 Å². The smallest absolute Gasteiger partial charge is 0.228 e. The normalized spacial score (nSPS) is 19.0. The van der Waals surface area contributed by atoms with Gasteiger partial charge in [0.1, 0.15) is 5.76 Å². The van der Waals surface area contributed by atoms with Gasteiger partial charge in [-0.2, -0.15) is 11.3 Å². The van der Waals surface area contributed by atoms with Crippen LogP contribution in [0.15, 0.2) is 21.2 Å². The van der Waals surface area contributed by atoms with Crippen LogP contribution in [-0.2, 0) is 11.2 Å². The molecule has 0 radical (unpaired) electrons. The fourth-order valence-electron chi connectivity index (χ4n) is 2.52. The lowest BCUT2D eigenvalue weighted by Crippen LogP contribution is -2.51. The summed E-state index contributed by atoms with van der Waals surface area (Å²) in [6.07, 6.45) is 0.312. The van der Waals surface area contributed by atoms with Crippen molar-refractivity contribution in [3.05, 3.63) is 28.3 Å². The highest BCUT2D eigenvalue weighted by Gasteiger charge is 2.23. The Kier molecular flexibility index (Phi) is 4.07. The summed E-state index contributed by atoms with van der Waals surface area (Å²) in [6.45, 7) is 6.33. The third-order valence-corrected chi connectivity index (χ3v) is 4.38. The molecule has 112 valence electrons. The molecule has 0 aliphatic carbocycles. The molecule has 3 rings (SSSR count). The lowest BCUT2D eigenvalue weighted by molar-refractivity contribution is -0.131. The van der Waals surface area contributed by atoms with Gasteiger partial charge in [-0.1, -0.05) is 0 Å². The molecule has 2 aromatic rings. The first-order valence-electron chi connectivity index (χ1n) is 7.13. The number of aryl methyl sites for hydroxylation is 1. The third kappa shape index (κ3) is 3.16.